The lowest BCUT2D eigenvalue weighted by Crippen LogP contribution is -2.35. The smallest absolute Gasteiger partial charge is 0.475 e. The van der Waals surface area contributed by atoms with Crippen molar-refractivity contribution in [1.82, 2.24) is 5.32 Å². The molecular formula is C9H16F3NO4. The van der Waals surface area contributed by atoms with Gasteiger partial charge in [0.05, 0.1) is 7.11 Å². The standard InChI is InChI=1S/C7H15NO2.C2HF3O2/c1-4-5-8-6(2)7(9)10-3;3-2(4,5)1(6)7/h6,8H,4-5H2,1-3H3;(H,6,7)/t6-;/m0./s1. The number of carboxylic acid groups (broad SMARTS) is 1. The average Bonchev–Trinajstić information content (AvgIpc) is 2.24. The first-order chi connectivity index (χ1) is 7.66. The van der Waals surface area contributed by atoms with Crippen molar-refractivity contribution in [2.75, 3.05) is 13.7 Å². The van der Waals surface area contributed by atoms with Gasteiger partial charge in [-0.3, -0.25) is 4.79 Å². The van der Waals surface area contributed by atoms with E-state index in [-0.39, 0.29) is 12.0 Å². The van der Waals surface area contributed by atoms with Crippen molar-refractivity contribution in [1.29, 1.82) is 0 Å². The van der Waals surface area contributed by atoms with Gasteiger partial charge in [-0.1, -0.05) is 6.92 Å². The summed E-state index contributed by atoms with van der Waals surface area (Å²) in [7, 11) is 1.40. The number of hydrogen-bond acceptors (Lipinski definition) is 4. The van der Waals surface area contributed by atoms with Crippen molar-refractivity contribution in [3.8, 4) is 0 Å². The predicted molar refractivity (Wildman–Crippen MR) is 53.5 cm³/mol. The number of carbonyl (C=O) groups excluding carboxylic acids is 1. The second kappa shape index (κ2) is 8.80. The summed E-state index contributed by atoms with van der Waals surface area (Å²) in [6.07, 6.45) is -4.05. The fraction of sp³-hybridized carbons (Fsp3) is 0.778. The van der Waals surface area contributed by atoms with E-state index in [1.54, 1.807) is 6.92 Å². The topological polar surface area (TPSA) is 75.6 Å². The normalized spacial score (nSPS) is 12.1. The highest BCUT2D eigenvalue weighted by Gasteiger charge is 2.38. The number of carbonyl (C=O) groups is 2. The minimum atomic E-state index is -5.08. The van der Waals surface area contributed by atoms with Crippen LogP contribution in [0.3, 0.4) is 0 Å². The number of alkyl halides is 3. The molecule has 0 radical (unpaired) electrons. The van der Waals surface area contributed by atoms with E-state index in [9.17, 15) is 18.0 Å². The second-order valence-electron chi connectivity index (χ2n) is 3.00. The van der Waals surface area contributed by atoms with Crippen molar-refractivity contribution >= 4 is 11.9 Å². The summed E-state index contributed by atoms with van der Waals surface area (Å²) in [6.45, 7) is 4.70. The molecule has 8 heteroatoms. The molecule has 0 rings (SSSR count). The molecule has 0 fully saturated rings. The van der Waals surface area contributed by atoms with Gasteiger partial charge in [0.15, 0.2) is 0 Å². The summed E-state index contributed by atoms with van der Waals surface area (Å²) in [4.78, 5) is 19.6. The van der Waals surface area contributed by atoms with Gasteiger partial charge in [0, 0.05) is 0 Å². The molecule has 102 valence electrons. The number of rotatable bonds is 4. The van der Waals surface area contributed by atoms with Crippen molar-refractivity contribution in [3.63, 3.8) is 0 Å². The van der Waals surface area contributed by atoms with Crippen LogP contribution >= 0.6 is 0 Å². The van der Waals surface area contributed by atoms with E-state index in [4.69, 9.17) is 9.90 Å². The van der Waals surface area contributed by atoms with Gasteiger partial charge in [-0.2, -0.15) is 13.2 Å². The van der Waals surface area contributed by atoms with Crippen LogP contribution in [0.5, 0.6) is 0 Å². The van der Waals surface area contributed by atoms with Crippen molar-refractivity contribution in [2.45, 2.75) is 32.5 Å². The van der Waals surface area contributed by atoms with E-state index in [2.05, 4.69) is 17.0 Å². The monoisotopic (exact) mass is 259 g/mol. The third-order valence-corrected chi connectivity index (χ3v) is 1.50. The Bertz CT molecular complexity index is 243. The maximum atomic E-state index is 10.7. The van der Waals surface area contributed by atoms with E-state index in [0.717, 1.165) is 13.0 Å². The molecule has 0 aliphatic rings. The fourth-order valence-corrected chi connectivity index (χ4v) is 0.621. The lowest BCUT2D eigenvalue weighted by molar-refractivity contribution is -0.192. The summed E-state index contributed by atoms with van der Waals surface area (Å²) >= 11 is 0. The van der Waals surface area contributed by atoms with Crippen molar-refractivity contribution in [3.05, 3.63) is 0 Å². The molecular weight excluding hydrogens is 243 g/mol. The van der Waals surface area contributed by atoms with Crippen LogP contribution in [0.25, 0.3) is 0 Å². The molecule has 0 saturated heterocycles. The van der Waals surface area contributed by atoms with Crippen LogP contribution in [0.4, 0.5) is 13.2 Å². The third-order valence-electron chi connectivity index (χ3n) is 1.50. The van der Waals surface area contributed by atoms with E-state index >= 15 is 0 Å². The molecule has 0 aromatic carbocycles. The first-order valence-electron chi connectivity index (χ1n) is 4.78. The zero-order chi connectivity index (χ0) is 14.1. The van der Waals surface area contributed by atoms with Crippen LogP contribution in [-0.2, 0) is 14.3 Å². The van der Waals surface area contributed by atoms with E-state index in [1.165, 1.54) is 7.11 Å². The number of halogens is 3. The van der Waals surface area contributed by atoms with Gasteiger partial charge in [-0.05, 0) is 19.9 Å². The van der Waals surface area contributed by atoms with Crippen LogP contribution < -0.4 is 5.32 Å². The Kier molecular flexibility index (Phi) is 9.35. The van der Waals surface area contributed by atoms with Crippen LogP contribution in [0.15, 0.2) is 0 Å². The van der Waals surface area contributed by atoms with Crippen molar-refractivity contribution < 1.29 is 32.6 Å². The first kappa shape index (κ1) is 18.1. The van der Waals surface area contributed by atoms with Gasteiger partial charge in [-0.25, -0.2) is 4.79 Å². The molecule has 17 heavy (non-hydrogen) atoms. The molecule has 0 aromatic heterocycles. The highest BCUT2D eigenvalue weighted by atomic mass is 19.4. The van der Waals surface area contributed by atoms with Gasteiger partial charge in [-0.15, -0.1) is 0 Å². The van der Waals surface area contributed by atoms with Crippen LogP contribution in [0, 0.1) is 0 Å². The molecule has 0 aliphatic carbocycles. The number of esters is 1. The zero-order valence-corrected chi connectivity index (χ0v) is 9.80. The largest absolute Gasteiger partial charge is 0.490 e. The zero-order valence-electron chi connectivity index (χ0n) is 9.80. The summed E-state index contributed by atoms with van der Waals surface area (Å²) in [6, 6.07) is -0.176. The van der Waals surface area contributed by atoms with Gasteiger partial charge >= 0.3 is 18.1 Å². The Labute approximate surface area is 96.9 Å². The van der Waals surface area contributed by atoms with Gasteiger partial charge in [0.2, 0.25) is 0 Å². The van der Waals surface area contributed by atoms with Gasteiger partial charge in [0.1, 0.15) is 6.04 Å². The molecule has 5 nitrogen and oxygen atoms in total. The van der Waals surface area contributed by atoms with Crippen LogP contribution in [0.1, 0.15) is 20.3 Å². The molecule has 0 amide bonds. The summed E-state index contributed by atoms with van der Waals surface area (Å²) in [5.74, 6) is -2.96. The van der Waals surface area contributed by atoms with Gasteiger partial charge in [0.25, 0.3) is 0 Å². The third kappa shape index (κ3) is 11.0. The van der Waals surface area contributed by atoms with Gasteiger partial charge < -0.3 is 15.2 Å². The number of carboxylic acids is 1. The molecule has 0 bridgehead atoms. The highest BCUT2D eigenvalue weighted by molar-refractivity contribution is 5.75. The predicted octanol–water partition coefficient (Wildman–Crippen LogP) is 1.18. The van der Waals surface area contributed by atoms with E-state index < -0.39 is 12.1 Å². The minimum Gasteiger partial charge on any atom is -0.475 e. The second-order valence-corrected chi connectivity index (χ2v) is 3.00. The summed E-state index contributed by atoms with van der Waals surface area (Å²) in [5.41, 5.74) is 0. The highest BCUT2D eigenvalue weighted by Crippen LogP contribution is 2.13. The Morgan fingerprint density at radius 1 is 1.41 bits per heavy atom. The SMILES string of the molecule is CCCN[C@@H](C)C(=O)OC.O=C(O)C(F)(F)F. The number of ether oxygens (including phenoxy) is 1. The summed E-state index contributed by atoms with van der Waals surface area (Å²) < 4.78 is 36.2. The van der Waals surface area contributed by atoms with E-state index in [1.807, 2.05) is 0 Å². The Morgan fingerprint density at radius 2 is 1.82 bits per heavy atom. The quantitative estimate of drug-likeness (QED) is 0.741. The minimum absolute atomic E-state index is 0.176. The first-order valence-corrected chi connectivity index (χ1v) is 4.78. The molecule has 0 aromatic rings. The van der Waals surface area contributed by atoms with Crippen molar-refractivity contribution in [2.24, 2.45) is 0 Å². The number of nitrogens with one attached hydrogen (secondary N) is 1. The molecule has 0 unspecified atom stereocenters. The van der Waals surface area contributed by atoms with E-state index in [0.29, 0.717) is 0 Å². The summed E-state index contributed by atoms with van der Waals surface area (Å²) in [5, 5.41) is 10.1. The number of aliphatic carboxylic acids is 1. The molecule has 0 saturated carbocycles. The molecule has 0 spiro atoms. The van der Waals surface area contributed by atoms with Crippen LogP contribution in [0.2, 0.25) is 0 Å². The lowest BCUT2D eigenvalue weighted by atomic mass is 10.3. The lowest BCUT2D eigenvalue weighted by Gasteiger charge is -2.09. The average molecular weight is 259 g/mol. The number of methoxy groups -OCH3 is 1. The Balaban J connectivity index is 0. The number of hydrogen-bond donors (Lipinski definition) is 2. The Morgan fingerprint density at radius 3 is 2.06 bits per heavy atom. The maximum absolute atomic E-state index is 10.7. The molecule has 0 aliphatic heterocycles. The Hall–Kier alpha value is -1.31. The molecule has 2 N–H and O–H groups in total. The maximum Gasteiger partial charge on any atom is 0.490 e. The fourth-order valence-electron chi connectivity index (χ4n) is 0.621. The molecule has 1 atom stereocenters. The molecule has 0 heterocycles. The van der Waals surface area contributed by atoms with Crippen LogP contribution in [-0.4, -0.2) is 42.9 Å².